The van der Waals surface area contributed by atoms with E-state index in [1.165, 1.54) is 28.6 Å². The monoisotopic (exact) mass is 462 g/mol. The molecule has 0 radical (unpaired) electrons. The van der Waals surface area contributed by atoms with Gasteiger partial charge in [-0.2, -0.15) is 0 Å². The number of anilines is 1. The first-order valence-corrected chi connectivity index (χ1v) is 11.3. The number of thioether (sulfide) groups is 1. The maximum atomic E-state index is 11.8. The summed E-state index contributed by atoms with van der Waals surface area (Å²) >= 11 is 7.51. The summed E-state index contributed by atoms with van der Waals surface area (Å²) in [6, 6.07) is 15.9. The number of rotatable bonds is 4. The van der Waals surface area contributed by atoms with Crippen molar-refractivity contribution in [3.8, 4) is 16.8 Å². The molecular weight excluding hydrogens is 444 g/mol. The van der Waals surface area contributed by atoms with Crippen LogP contribution in [0.3, 0.4) is 0 Å². The molecule has 0 bridgehead atoms. The Morgan fingerprint density at radius 2 is 1.84 bits per heavy atom. The Morgan fingerprint density at radius 3 is 2.53 bits per heavy atom. The largest absolute Gasteiger partial charge is 0.301 e. The standard InChI is InChI=1S/C23H19ClN6OS/c1-14-3-9-17(10-4-14)30-11-18(15-5-7-16(24)8-6-15)20-21(25-13-26-22(20)30)27-28-23-29(2)19(31)12-32-23/h3-11,13H,12H2,1-2H3,(H,25,26,27)/b28-23-. The molecule has 1 aliphatic heterocycles. The number of carbonyl (C=O) groups is 1. The summed E-state index contributed by atoms with van der Waals surface area (Å²) in [5.41, 5.74) is 7.92. The summed E-state index contributed by atoms with van der Waals surface area (Å²) in [6.45, 7) is 2.06. The van der Waals surface area contributed by atoms with E-state index in [0.29, 0.717) is 21.8 Å². The van der Waals surface area contributed by atoms with Gasteiger partial charge in [-0.3, -0.25) is 15.1 Å². The topological polar surface area (TPSA) is 75.4 Å². The van der Waals surface area contributed by atoms with Crippen molar-refractivity contribution in [2.75, 3.05) is 18.2 Å². The van der Waals surface area contributed by atoms with Gasteiger partial charge in [0.2, 0.25) is 5.91 Å². The van der Waals surface area contributed by atoms with E-state index < -0.39 is 0 Å². The molecule has 2 aromatic carbocycles. The van der Waals surface area contributed by atoms with Gasteiger partial charge in [0.25, 0.3) is 0 Å². The van der Waals surface area contributed by atoms with E-state index in [0.717, 1.165) is 27.8 Å². The van der Waals surface area contributed by atoms with Gasteiger partial charge < -0.3 is 4.57 Å². The molecule has 5 rings (SSSR count). The number of halogens is 1. The molecule has 160 valence electrons. The number of amidine groups is 1. The molecule has 1 N–H and O–H groups in total. The first kappa shape index (κ1) is 20.5. The lowest BCUT2D eigenvalue weighted by Crippen LogP contribution is -2.25. The molecule has 0 spiro atoms. The highest BCUT2D eigenvalue weighted by Gasteiger charge is 2.25. The molecule has 1 saturated heterocycles. The fourth-order valence-electron chi connectivity index (χ4n) is 3.53. The first-order chi connectivity index (χ1) is 15.5. The lowest BCUT2D eigenvalue weighted by Gasteiger charge is -2.09. The fourth-order valence-corrected chi connectivity index (χ4v) is 4.51. The Labute approximate surface area is 194 Å². The van der Waals surface area contributed by atoms with Crippen molar-refractivity contribution in [3.05, 3.63) is 71.6 Å². The Balaban J connectivity index is 1.68. The van der Waals surface area contributed by atoms with Gasteiger partial charge in [0, 0.05) is 29.5 Å². The van der Waals surface area contributed by atoms with E-state index in [-0.39, 0.29) is 5.91 Å². The van der Waals surface area contributed by atoms with Crippen LogP contribution in [-0.2, 0) is 4.79 Å². The van der Waals surface area contributed by atoms with Crippen LogP contribution in [0.25, 0.3) is 27.8 Å². The Hall–Kier alpha value is -3.36. The molecule has 0 saturated carbocycles. The second-order valence-electron chi connectivity index (χ2n) is 7.42. The van der Waals surface area contributed by atoms with Gasteiger partial charge in [-0.25, -0.2) is 9.97 Å². The van der Waals surface area contributed by atoms with E-state index in [1.807, 2.05) is 35.0 Å². The zero-order valence-corrected chi connectivity index (χ0v) is 19.0. The van der Waals surface area contributed by atoms with Crippen molar-refractivity contribution >= 4 is 51.3 Å². The van der Waals surface area contributed by atoms with Crippen LogP contribution in [-0.4, -0.2) is 43.3 Å². The number of nitrogens with one attached hydrogen (secondary N) is 1. The number of amides is 1. The number of aryl methyl sites for hydroxylation is 1. The second kappa shape index (κ2) is 8.29. The van der Waals surface area contributed by atoms with E-state index >= 15 is 0 Å². The van der Waals surface area contributed by atoms with Crippen LogP contribution in [0.2, 0.25) is 5.02 Å². The van der Waals surface area contributed by atoms with Gasteiger partial charge in [0.05, 0.1) is 11.1 Å². The highest BCUT2D eigenvalue weighted by atomic mass is 35.5. The molecule has 1 aliphatic rings. The third-order valence-electron chi connectivity index (χ3n) is 5.29. The van der Waals surface area contributed by atoms with Gasteiger partial charge in [-0.15, -0.1) is 5.10 Å². The van der Waals surface area contributed by atoms with Gasteiger partial charge >= 0.3 is 0 Å². The molecule has 3 heterocycles. The van der Waals surface area contributed by atoms with Gasteiger partial charge in [0.15, 0.2) is 16.6 Å². The summed E-state index contributed by atoms with van der Waals surface area (Å²) in [6.07, 6.45) is 3.56. The van der Waals surface area contributed by atoms with Crippen LogP contribution in [0.15, 0.2) is 66.2 Å². The lowest BCUT2D eigenvalue weighted by molar-refractivity contribution is -0.123. The quantitative estimate of drug-likeness (QED) is 0.435. The Morgan fingerprint density at radius 1 is 1.09 bits per heavy atom. The van der Waals surface area contributed by atoms with Crippen molar-refractivity contribution in [2.45, 2.75) is 6.92 Å². The van der Waals surface area contributed by atoms with E-state index in [2.05, 4.69) is 51.7 Å². The number of nitrogens with zero attached hydrogens (tertiary/aromatic N) is 5. The summed E-state index contributed by atoms with van der Waals surface area (Å²) in [4.78, 5) is 22.4. The van der Waals surface area contributed by atoms with Crippen LogP contribution in [0.5, 0.6) is 0 Å². The third-order valence-corrected chi connectivity index (χ3v) is 6.56. The van der Waals surface area contributed by atoms with Crippen LogP contribution in [0.4, 0.5) is 5.82 Å². The summed E-state index contributed by atoms with van der Waals surface area (Å²) < 4.78 is 2.04. The van der Waals surface area contributed by atoms with Crippen LogP contribution < -0.4 is 5.43 Å². The number of hydrogen-bond donors (Lipinski definition) is 1. The molecule has 1 amide bonds. The highest BCUT2D eigenvalue weighted by molar-refractivity contribution is 8.15. The minimum absolute atomic E-state index is 0.0239. The van der Waals surface area contributed by atoms with Crippen molar-refractivity contribution in [3.63, 3.8) is 0 Å². The normalized spacial score (nSPS) is 15.2. The maximum absolute atomic E-state index is 11.8. The Kier molecular flexibility index (Phi) is 5.32. The third kappa shape index (κ3) is 3.72. The second-order valence-corrected chi connectivity index (χ2v) is 8.80. The number of carbonyl (C=O) groups excluding carboxylic acids is 1. The van der Waals surface area contributed by atoms with E-state index in [9.17, 15) is 4.79 Å². The molecule has 4 aromatic rings. The number of hydrazone groups is 1. The van der Waals surface area contributed by atoms with Crippen LogP contribution >= 0.6 is 23.4 Å². The number of hydrogen-bond acceptors (Lipinski definition) is 6. The minimum Gasteiger partial charge on any atom is -0.301 e. The number of fused-ring (bicyclic) bond motifs is 1. The SMILES string of the molecule is Cc1ccc(-n2cc(-c3ccc(Cl)cc3)c3c(N/N=C4\SCC(=O)N4C)ncnc32)cc1. The Bertz CT molecular complexity index is 1350. The molecule has 9 heteroatoms. The number of benzene rings is 2. The molecule has 0 aliphatic carbocycles. The van der Waals surface area contributed by atoms with Crippen molar-refractivity contribution < 1.29 is 4.79 Å². The predicted octanol–water partition coefficient (Wildman–Crippen LogP) is 4.94. The summed E-state index contributed by atoms with van der Waals surface area (Å²) in [5, 5.41) is 6.54. The summed E-state index contributed by atoms with van der Waals surface area (Å²) in [5.74, 6) is 0.971. The molecule has 1 fully saturated rings. The molecule has 32 heavy (non-hydrogen) atoms. The van der Waals surface area contributed by atoms with E-state index in [4.69, 9.17) is 11.6 Å². The smallest absolute Gasteiger partial charge is 0.238 e. The van der Waals surface area contributed by atoms with Crippen molar-refractivity contribution in [2.24, 2.45) is 5.10 Å². The number of aromatic nitrogens is 3. The molecular formula is C23H19ClN6OS. The lowest BCUT2D eigenvalue weighted by atomic mass is 10.1. The highest BCUT2D eigenvalue weighted by Crippen LogP contribution is 2.36. The molecule has 2 aromatic heterocycles. The fraction of sp³-hybridized carbons (Fsp3) is 0.130. The first-order valence-electron chi connectivity index (χ1n) is 9.93. The van der Waals surface area contributed by atoms with Gasteiger partial charge in [0.1, 0.15) is 6.33 Å². The minimum atomic E-state index is 0.0239. The van der Waals surface area contributed by atoms with Gasteiger partial charge in [-0.05, 0) is 36.8 Å². The van der Waals surface area contributed by atoms with Crippen molar-refractivity contribution in [1.82, 2.24) is 19.4 Å². The maximum Gasteiger partial charge on any atom is 0.238 e. The predicted molar refractivity (Wildman–Crippen MR) is 130 cm³/mol. The molecule has 0 unspecified atom stereocenters. The van der Waals surface area contributed by atoms with Crippen molar-refractivity contribution in [1.29, 1.82) is 0 Å². The molecule has 0 atom stereocenters. The van der Waals surface area contributed by atoms with Crippen LogP contribution in [0.1, 0.15) is 5.56 Å². The molecule has 7 nitrogen and oxygen atoms in total. The zero-order chi connectivity index (χ0) is 22.2. The average Bonchev–Trinajstić information content (AvgIpc) is 3.34. The zero-order valence-electron chi connectivity index (χ0n) is 17.4. The average molecular weight is 463 g/mol. The van der Waals surface area contributed by atoms with Gasteiger partial charge in [-0.1, -0.05) is 53.2 Å². The van der Waals surface area contributed by atoms with Crippen LogP contribution in [0, 0.1) is 6.92 Å². The van der Waals surface area contributed by atoms with E-state index in [1.54, 1.807) is 7.05 Å². The summed E-state index contributed by atoms with van der Waals surface area (Å²) in [7, 11) is 1.71.